The van der Waals surface area contributed by atoms with E-state index in [1.165, 1.54) is 21.3 Å². The van der Waals surface area contributed by atoms with Crippen molar-refractivity contribution < 1.29 is 19.0 Å². The SMILES string of the molecule is COc1cc(C(=O)c2cn(C(C)C)c(-c3c[nH]c4ccccc34)n2)cc(OC)c1OC. The Labute approximate surface area is 180 Å². The Balaban J connectivity index is 1.83. The van der Waals surface area contributed by atoms with E-state index in [1.807, 2.05) is 35.0 Å². The minimum absolute atomic E-state index is 0.123. The fraction of sp³-hybridized carbons (Fsp3) is 0.250. The summed E-state index contributed by atoms with van der Waals surface area (Å²) >= 11 is 0. The molecule has 0 aliphatic rings. The van der Waals surface area contributed by atoms with Gasteiger partial charge in [-0.2, -0.15) is 0 Å². The zero-order valence-corrected chi connectivity index (χ0v) is 18.2. The number of nitrogens with zero attached hydrogens (tertiary/aromatic N) is 2. The third kappa shape index (κ3) is 3.52. The fourth-order valence-corrected chi connectivity index (χ4v) is 3.71. The van der Waals surface area contributed by atoms with E-state index in [-0.39, 0.29) is 11.8 Å². The van der Waals surface area contributed by atoms with Crippen LogP contribution in [0.3, 0.4) is 0 Å². The minimum atomic E-state index is -0.222. The van der Waals surface area contributed by atoms with E-state index >= 15 is 0 Å². The summed E-state index contributed by atoms with van der Waals surface area (Å²) in [7, 11) is 4.57. The lowest BCUT2D eigenvalue weighted by atomic mass is 10.1. The van der Waals surface area contributed by atoms with Crippen molar-refractivity contribution in [2.45, 2.75) is 19.9 Å². The number of ketones is 1. The lowest BCUT2D eigenvalue weighted by Crippen LogP contribution is -2.05. The lowest BCUT2D eigenvalue weighted by molar-refractivity contribution is 0.103. The highest BCUT2D eigenvalue weighted by Gasteiger charge is 2.23. The van der Waals surface area contributed by atoms with E-state index in [2.05, 4.69) is 18.8 Å². The third-order valence-corrected chi connectivity index (χ3v) is 5.28. The number of ether oxygens (including phenoxy) is 3. The van der Waals surface area contributed by atoms with Crippen molar-refractivity contribution in [3.05, 3.63) is 60.0 Å². The van der Waals surface area contributed by atoms with E-state index < -0.39 is 0 Å². The second-order valence-corrected chi connectivity index (χ2v) is 7.44. The summed E-state index contributed by atoms with van der Waals surface area (Å²) in [5.74, 6) is 1.80. The van der Waals surface area contributed by atoms with Gasteiger partial charge in [-0.05, 0) is 32.0 Å². The first kappa shape index (κ1) is 20.5. The molecule has 0 saturated heterocycles. The van der Waals surface area contributed by atoms with Crippen LogP contribution in [0.2, 0.25) is 0 Å². The number of nitrogens with one attached hydrogen (secondary N) is 1. The summed E-state index contributed by atoms with van der Waals surface area (Å²) < 4.78 is 18.2. The van der Waals surface area contributed by atoms with Crippen molar-refractivity contribution in [2.24, 2.45) is 0 Å². The van der Waals surface area contributed by atoms with Gasteiger partial charge in [0.1, 0.15) is 11.5 Å². The molecule has 7 nitrogen and oxygen atoms in total. The van der Waals surface area contributed by atoms with Crippen molar-refractivity contribution in [3.63, 3.8) is 0 Å². The van der Waals surface area contributed by atoms with Crippen LogP contribution >= 0.6 is 0 Å². The highest BCUT2D eigenvalue weighted by Crippen LogP contribution is 2.39. The van der Waals surface area contributed by atoms with Crippen LogP contribution in [0.5, 0.6) is 17.2 Å². The van der Waals surface area contributed by atoms with E-state index in [9.17, 15) is 4.79 Å². The number of aromatic nitrogens is 3. The van der Waals surface area contributed by atoms with E-state index in [0.29, 0.717) is 28.5 Å². The molecule has 0 saturated carbocycles. The standard InChI is InChI=1S/C24H25N3O4/c1-14(2)27-13-19(26-24(27)17-12-25-18-9-7-6-8-16(17)18)22(28)15-10-20(29-3)23(31-5)21(11-15)30-4/h6-14,25H,1-5H3. The number of hydrogen-bond donors (Lipinski definition) is 1. The van der Waals surface area contributed by atoms with Gasteiger partial charge in [-0.1, -0.05) is 18.2 Å². The van der Waals surface area contributed by atoms with E-state index in [0.717, 1.165) is 22.3 Å². The van der Waals surface area contributed by atoms with Gasteiger partial charge in [0.05, 0.1) is 21.3 Å². The normalized spacial score (nSPS) is 11.2. The highest BCUT2D eigenvalue weighted by molar-refractivity contribution is 6.09. The predicted octanol–water partition coefficient (Wildman–Crippen LogP) is 4.87. The average Bonchev–Trinajstić information content (AvgIpc) is 3.41. The number of aromatic amines is 1. The molecule has 0 radical (unpaired) electrons. The Morgan fingerprint density at radius 2 is 1.71 bits per heavy atom. The molecule has 0 fully saturated rings. The summed E-state index contributed by atoms with van der Waals surface area (Å²) in [5, 5.41) is 1.06. The smallest absolute Gasteiger partial charge is 0.213 e. The first-order chi connectivity index (χ1) is 15.0. The molecule has 1 N–H and O–H groups in total. The van der Waals surface area contributed by atoms with Crippen LogP contribution in [-0.4, -0.2) is 41.6 Å². The van der Waals surface area contributed by atoms with Crippen LogP contribution in [0.25, 0.3) is 22.3 Å². The molecular formula is C24H25N3O4. The van der Waals surface area contributed by atoms with Crippen molar-refractivity contribution in [1.29, 1.82) is 0 Å². The second kappa shape index (κ2) is 8.18. The van der Waals surface area contributed by atoms with Crippen LogP contribution < -0.4 is 14.2 Å². The predicted molar refractivity (Wildman–Crippen MR) is 119 cm³/mol. The molecule has 0 atom stereocenters. The van der Waals surface area contributed by atoms with Crippen LogP contribution in [0.4, 0.5) is 0 Å². The molecule has 0 bridgehead atoms. The largest absolute Gasteiger partial charge is 0.493 e. The molecule has 0 unspecified atom stereocenters. The number of carbonyl (C=O) groups is 1. The molecule has 160 valence electrons. The van der Waals surface area contributed by atoms with Gasteiger partial charge in [-0.15, -0.1) is 0 Å². The van der Waals surface area contributed by atoms with Gasteiger partial charge in [0.2, 0.25) is 11.5 Å². The van der Waals surface area contributed by atoms with Gasteiger partial charge in [-0.3, -0.25) is 4.79 Å². The molecule has 0 aliphatic heterocycles. The summed E-state index contributed by atoms with van der Waals surface area (Å²) in [6.07, 6.45) is 3.73. The van der Waals surface area contributed by atoms with Crippen LogP contribution in [0.15, 0.2) is 48.8 Å². The van der Waals surface area contributed by atoms with Gasteiger partial charge in [0, 0.05) is 40.5 Å². The molecule has 0 spiro atoms. The monoisotopic (exact) mass is 419 g/mol. The maximum atomic E-state index is 13.4. The number of hydrogen-bond acceptors (Lipinski definition) is 5. The highest BCUT2D eigenvalue weighted by atomic mass is 16.5. The number of imidazole rings is 1. The Morgan fingerprint density at radius 1 is 1.03 bits per heavy atom. The van der Waals surface area contributed by atoms with E-state index in [4.69, 9.17) is 19.2 Å². The summed E-state index contributed by atoms with van der Waals surface area (Å²) in [6, 6.07) is 11.4. The minimum Gasteiger partial charge on any atom is -0.493 e. The van der Waals surface area contributed by atoms with Gasteiger partial charge < -0.3 is 23.8 Å². The molecular weight excluding hydrogens is 394 g/mol. The Hall–Kier alpha value is -3.74. The molecule has 2 aromatic heterocycles. The molecule has 7 heteroatoms. The first-order valence-corrected chi connectivity index (χ1v) is 9.98. The van der Waals surface area contributed by atoms with Crippen molar-refractivity contribution in [2.75, 3.05) is 21.3 Å². The second-order valence-electron chi connectivity index (χ2n) is 7.44. The zero-order chi connectivity index (χ0) is 22.1. The summed E-state index contributed by atoms with van der Waals surface area (Å²) in [6.45, 7) is 4.13. The van der Waals surface area contributed by atoms with Crippen molar-refractivity contribution in [1.82, 2.24) is 14.5 Å². The van der Waals surface area contributed by atoms with Crippen LogP contribution in [0, 0.1) is 0 Å². The Bertz CT molecular complexity index is 1230. The van der Waals surface area contributed by atoms with E-state index in [1.54, 1.807) is 18.3 Å². The molecule has 0 amide bonds. The molecule has 2 aromatic carbocycles. The topological polar surface area (TPSA) is 78.4 Å². The fourth-order valence-electron chi connectivity index (χ4n) is 3.71. The zero-order valence-electron chi connectivity index (χ0n) is 18.2. The Kier molecular flexibility index (Phi) is 5.42. The molecule has 31 heavy (non-hydrogen) atoms. The molecule has 4 rings (SSSR count). The van der Waals surface area contributed by atoms with Crippen LogP contribution in [-0.2, 0) is 0 Å². The molecule has 0 aliphatic carbocycles. The summed E-state index contributed by atoms with van der Waals surface area (Å²) in [5.41, 5.74) is 2.73. The number of rotatable bonds is 7. The maximum Gasteiger partial charge on any atom is 0.213 e. The average molecular weight is 419 g/mol. The van der Waals surface area contributed by atoms with Gasteiger partial charge in [0.15, 0.2) is 11.5 Å². The van der Waals surface area contributed by atoms with Crippen molar-refractivity contribution in [3.8, 4) is 28.6 Å². The number of benzene rings is 2. The maximum absolute atomic E-state index is 13.4. The summed E-state index contributed by atoms with van der Waals surface area (Å²) in [4.78, 5) is 21.4. The molecule has 4 aromatic rings. The number of H-pyrrole nitrogens is 1. The number of fused-ring (bicyclic) bond motifs is 1. The first-order valence-electron chi connectivity index (χ1n) is 9.98. The third-order valence-electron chi connectivity index (χ3n) is 5.28. The number of carbonyl (C=O) groups excluding carboxylic acids is 1. The number of methoxy groups -OCH3 is 3. The van der Waals surface area contributed by atoms with Crippen LogP contribution in [0.1, 0.15) is 35.9 Å². The Morgan fingerprint density at radius 3 is 2.32 bits per heavy atom. The van der Waals surface area contributed by atoms with Crippen molar-refractivity contribution >= 4 is 16.7 Å². The van der Waals surface area contributed by atoms with Gasteiger partial charge in [0.25, 0.3) is 0 Å². The quantitative estimate of drug-likeness (QED) is 0.433. The lowest BCUT2D eigenvalue weighted by Gasteiger charge is -2.13. The molecule has 2 heterocycles. The van der Waals surface area contributed by atoms with Gasteiger partial charge in [-0.25, -0.2) is 4.98 Å². The van der Waals surface area contributed by atoms with Gasteiger partial charge >= 0.3 is 0 Å². The number of para-hydroxylation sites is 1.